The number of benzene rings is 1. The summed E-state index contributed by atoms with van der Waals surface area (Å²) >= 11 is 1.65. The van der Waals surface area contributed by atoms with Gasteiger partial charge >= 0.3 is 11.8 Å². The van der Waals surface area contributed by atoms with Gasteiger partial charge in [0.25, 0.3) is 0 Å². The van der Waals surface area contributed by atoms with E-state index in [1.807, 2.05) is 12.1 Å². The second kappa shape index (κ2) is 9.95. The van der Waals surface area contributed by atoms with Gasteiger partial charge in [0.05, 0.1) is 6.04 Å². The summed E-state index contributed by atoms with van der Waals surface area (Å²) in [6.07, 6.45) is 4.85. The van der Waals surface area contributed by atoms with E-state index in [2.05, 4.69) is 32.4 Å². The molecule has 8 heteroatoms. The van der Waals surface area contributed by atoms with Crippen LogP contribution in [0.15, 0.2) is 35.0 Å². The molecule has 160 valence electrons. The van der Waals surface area contributed by atoms with Crippen LogP contribution in [0.25, 0.3) is 0 Å². The number of hydrogen-bond acceptors (Lipinski definition) is 6. The molecule has 0 bridgehead atoms. The maximum absolute atomic E-state index is 12.4. The molecule has 0 radical (unpaired) electrons. The first-order valence-corrected chi connectivity index (χ1v) is 11.4. The molecule has 0 saturated carbocycles. The van der Waals surface area contributed by atoms with E-state index in [4.69, 9.17) is 9.47 Å². The Kier molecular flexibility index (Phi) is 6.86. The predicted molar refractivity (Wildman–Crippen MR) is 115 cm³/mol. The number of likely N-dealkylation sites (tertiary alicyclic amines) is 1. The van der Waals surface area contributed by atoms with Crippen molar-refractivity contribution >= 4 is 23.2 Å². The maximum Gasteiger partial charge on any atom is 0.309 e. The van der Waals surface area contributed by atoms with Crippen molar-refractivity contribution in [3.05, 3.63) is 46.2 Å². The number of amides is 2. The van der Waals surface area contributed by atoms with Gasteiger partial charge in [-0.05, 0) is 66.0 Å². The Balaban J connectivity index is 1.30. The number of nitrogens with zero attached hydrogens (tertiary/aromatic N) is 1. The van der Waals surface area contributed by atoms with Crippen molar-refractivity contribution in [3.8, 4) is 11.5 Å². The number of rotatable bonds is 6. The minimum absolute atomic E-state index is 0.0972. The van der Waals surface area contributed by atoms with E-state index >= 15 is 0 Å². The molecule has 0 unspecified atom stereocenters. The summed E-state index contributed by atoms with van der Waals surface area (Å²) in [7, 11) is 0. The lowest BCUT2D eigenvalue weighted by molar-refractivity contribution is -0.139. The van der Waals surface area contributed by atoms with Crippen LogP contribution in [0, 0.1) is 0 Å². The van der Waals surface area contributed by atoms with E-state index in [0.29, 0.717) is 18.0 Å². The van der Waals surface area contributed by atoms with E-state index in [-0.39, 0.29) is 19.4 Å². The van der Waals surface area contributed by atoms with Crippen LogP contribution in [0.3, 0.4) is 0 Å². The summed E-state index contributed by atoms with van der Waals surface area (Å²) in [5, 5.41) is 9.69. The SMILES string of the molecule is O=C(NCc1ccc2c(c1)OCO2)C(=O)NC[C@@H](c1ccsc1)N1CCCCCC1. The largest absolute Gasteiger partial charge is 0.454 e. The number of hydrogen-bond donors (Lipinski definition) is 2. The van der Waals surface area contributed by atoms with E-state index in [0.717, 1.165) is 18.7 Å². The molecule has 2 N–H and O–H groups in total. The Morgan fingerprint density at radius 2 is 1.77 bits per heavy atom. The van der Waals surface area contributed by atoms with Gasteiger partial charge in [0.15, 0.2) is 11.5 Å². The topological polar surface area (TPSA) is 79.9 Å². The van der Waals surface area contributed by atoms with Gasteiger partial charge in [0.1, 0.15) is 0 Å². The van der Waals surface area contributed by atoms with E-state index < -0.39 is 11.8 Å². The van der Waals surface area contributed by atoms with Gasteiger partial charge in [0.2, 0.25) is 6.79 Å². The van der Waals surface area contributed by atoms with Crippen LogP contribution in [0.5, 0.6) is 11.5 Å². The van der Waals surface area contributed by atoms with Crippen LogP contribution in [0.1, 0.15) is 42.9 Å². The average molecular weight is 430 g/mol. The lowest BCUT2D eigenvalue weighted by Gasteiger charge is -2.30. The second-order valence-electron chi connectivity index (χ2n) is 7.60. The Morgan fingerprint density at radius 3 is 2.53 bits per heavy atom. The van der Waals surface area contributed by atoms with Crippen molar-refractivity contribution in [3.63, 3.8) is 0 Å². The zero-order chi connectivity index (χ0) is 20.8. The molecule has 0 spiro atoms. The number of nitrogens with one attached hydrogen (secondary N) is 2. The summed E-state index contributed by atoms with van der Waals surface area (Å²) in [5.41, 5.74) is 2.05. The third-order valence-corrected chi connectivity index (χ3v) is 6.26. The molecule has 3 heterocycles. The molecule has 1 atom stereocenters. The monoisotopic (exact) mass is 429 g/mol. The fourth-order valence-corrected chi connectivity index (χ4v) is 4.62. The zero-order valence-corrected chi connectivity index (χ0v) is 17.7. The van der Waals surface area contributed by atoms with Crippen molar-refractivity contribution in [1.29, 1.82) is 0 Å². The summed E-state index contributed by atoms with van der Waals surface area (Å²) in [6, 6.07) is 7.66. The zero-order valence-electron chi connectivity index (χ0n) is 16.9. The highest BCUT2D eigenvalue weighted by atomic mass is 32.1. The minimum Gasteiger partial charge on any atom is -0.454 e. The number of carbonyl (C=O) groups is 2. The van der Waals surface area contributed by atoms with Crippen LogP contribution in [-0.4, -0.2) is 43.1 Å². The summed E-state index contributed by atoms with van der Waals surface area (Å²) in [4.78, 5) is 27.1. The van der Waals surface area contributed by atoms with E-state index in [9.17, 15) is 9.59 Å². The Hall–Kier alpha value is -2.58. The molecule has 30 heavy (non-hydrogen) atoms. The lowest BCUT2D eigenvalue weighted by atomic mass is 10.1. The molecule has 4 rings (SSSR count). The average Bonchev–Trinajstić information content (AvgIpc) is 3.39. The second-order valence-corrected chi connectivity index (χ2v) is 8.38. The molecule has 2 aliphatic rings. The van der Waals surface area contributed by atoms with Crippen LogP contribution in [0.4, 0.5) is 0 Å². The van der Waals surface area contributed by atoms with Gasteiger partial charge in [0, 0.05) is 13.1 Å². The summed E-state index contributed by atoms with van der Waals surface area (Å²) in [6.45, 7) is 2.92. The first kappa shape index (κ1) is 20.7. The summed E-state index contributed by atoms with van der Waals surface area (Å²) in [5.74, 6) is 0.108. The van der Waals surface area contributed by atoms with Gasteiger partial charge in [-0.15, -0.1) is 0 Å². The molecule has 1 aromatic carbocycles. The molecule has 7 nitrogen and oxygen atoms in total. The van der Waals surface area contributed by atoms with Crippen LogP contribution >= 0.6 is 11.3 Å². The fourth-order valence-electron chi connectivity index (χ4n) is 3.91. The molecule has 1 fully saturated rings. The van der Waals surface area contributed by atoms with Crippen LogP contribution in [0.2, 0.25) is 0 Å². The Labute approximate surface area is 180 Å². The highest BCUT2D eigenvalue weighted by Gasteiger charge is 2.24. The van der Waals surface area contributed by atoms with Crippen molar-refractivity contribution in [1.82, 2.24) is 15.5 Å². The number of carbonyl (C=O) groups excluding carboxylic acids is 2. The van der Waals surface area contributed by atoms with Gasteiger partial charge in [-0.3, -0.25) is 14.5 Å². The molecule has 1 saturated heterocycles. The molecule has 2 amide bonds. The first-order valence-electron chi connectivity index (χ1n) is 10.4. The van der Waals surface area contributed by atoms with Gasteiger partial charge in [-0.2, -0.15) is 11.3 Å². The number of ether oxygens (including phenoxy) is 2. The van der Waals surface area contributed by atoms with Crippen molar-refractivity contribution in [2.75, 3.05) is 26.4 Å². The Bertz CT molecular complexity index is 863. The molecular formula is C22H27N3O4S. The predicted octanol–water partition coefficient (Wildman–Crippen LogP) is 2.83. The highest BCUT2D eigenvalue weighted by Crippen LogP contribution is 2.32. The number of fused-ring (bicyclic) bond motifs is 1. The van der Waals surface area contributed by atoms with Gasteiger partial charge in [-0.1, -0.05) is 18.9 Å². The quantitative estimate of drug-likeness (QED) is 0.691. The first-order chi connectivity index (χ1) is 14.7. The highest BCUT2D eigenvalue weighted by molar-refractivity contribution is 7.08. The molecular weight excluding hydrogens is 402 g/mol. The summed E-state index contributed by atoms with van der Waals surface area (Å²) < 4.78 is 10.6. The normalized spacial score (nSPS) is 17.2. The molecule has 1 aromatic heterocycles. The van der Waals surface area contributed by atoms with Crippen molar-refractivity contribution < 1.29 is 19.1 Å². The van der Waals surface area contributed by atoms with Gasteiger partial charge < -0.3 is 20.1 Å². The smallest absolute Gasteiger partial charge is 0.309 e. The molecule has 2 aliphatic heterocycles. The minimum atomic E-state index is -0.632. The lowest BCUT2D eigenvalue weighted by Crippen LogP contribution is -2.44. The number of thiophene rings is 1. The molecule has 2 aromatic rings. The van der Waals surface area contributed by atoms with Crippen molar-refractivity contribution in [2.24, 2.45) is 0 Å². The standard InChI is InChI=1S/C22H27N3O4S/c26-21(23-12-16-5-6-19-20(11-16)29-15-28-19)22(27)24-13-18(17-7-10-30-14-17)25-8-3-1-2-4-9-25/h5-7,10-11,14,18H,1-4,8-9,12-13,15H2,(H,23,26)(H,24,27)/t18-/m0/s1. The fraction of sp³-hybridized carbons (Fsp3) is 0.455. The Morgan fingerprint density at radius 1 is 1.00 bits per heavy atom. The molecule has 0 aliphatic carbocycles. The maximum atomic E-state index is 12.4. The van der Waals surface area contributed by atoms with Crippen molar-refractivity contribution in [2.45, 2.75) is 38.3 Å². The van der Waals surface area contributed by atoms with E-state index in [1.54, 1.807) is 17.4 Å². The van der Waals surface area contributed by atoms with Crippen LogP contribution < -0.4 is 20.1 Å². The third kappa shape index (κ3) is 5.12. The van der Waals surface area contributed by atoms with Crippen LogP contribution in [-0.2, 0) is 16.1 Å². The van der Waals surface area contributed by atoms with Gasteiger partial charge in [-0.25, -0.2) is 0 Å². The van der Waals surface area contributed by atoms with E-state index in [1.165, 1.54) is 31.2 Å². The third-order valence-electron chi connectivity index (χ3n) is 5.56.